The van der Waals surface area contributed by atoms with Crippen LogP contribution >= 0.6 is 23.2 Å². The number of aromatic nitrogens is 2. The van der Waals surface area contributed by atoms with Crippen molar-refractivity contribution in [1.29, 1.82) is 0 Å². The van der Waals surface area contributed by atoms with Crippen LogP contribution in [0, 0.1) is 6.92 Å². The number of aryl methyl sites for hydroxylation is 1. The number of hydrogen-bond donors (Lipinski definition) is 1. The van der Waals surface area contributed by atoms with Crippen molar-refractivity contribution in [1.82, 2.24) is 9.97 Å². The van der Waals surface area contributed by atoms with Gasteiger partial charge in [0.25, 0.3) is 0 Å². The summed E-state index contributed by atoms with van der Waals surface area (Å²) in [5, 5.41) is 5.77. The Kier molecular flexibility index (Phi) is 11.6. The van der Waals surface area contributed by atoms with E-state index in [1.54, 1.807) is 12.3 Å². The molecule has 8 heteroatoms. The fraction of sp³-hybridized carbons (Fsp3) is 0.407. The Bertz CT molecular complexity index is 1120. The zero-order chi connectivity index (χ0) is 26.0. The number of pyridine rings is 2. The summed E-state index contributed by atoms with van der Waals surface area (Å²) in [5.41, 5.74) is 3.45. The van der Waals surface area contributed by atoms with E-state index in [-0.39, 0.29) is 0 Å². The summed E-state index contributed by atoms with van der Waals surface area (Å²) in [6.45, 7) is 10.1. The minimum absolute atomic E-state index is 0.377. The van der Waals surface area contributed by atoms with Crippen molar-refractivity contribution in [3.8, 4) is 22.8 Å². The summed E-state index contributed by atoms with van der Waals surface area (Å²) < 4.78 is 15.6. The van der Waals surface area contributed by atoms with Crippen LogP contribution in [0.3, 0.4) is 0 Å². The molecule has 0 amide bonds. The van der Waals surface area contributed by atoms with Crippen LogP contribution in [-0.2, 0) is 4.74 Å². The molecule has 3 aromatic rings. The molecule has 1 saturated heterocycles. The van der Waals surface area contributed by atoms with E-state index < -0.39 is 0 Å². The molecule has 1 N–H and O–H groups in total. The minimum Gasteiger partial charge on any atom is -0.495 e. The molecule has 4 rings (SSSR count). The first-order chi connectivity index (χ1) is 16.8. The maximum atomic E-state index is 6.51. The normalized spacial score (nSPS) is 12.1. The molecule has 0 atom stereocenters. The molecule has 1 fully saturated rings. The molecule has 6 nitrogen and oxygen atoms in total. The van der Waals surface area contributed by atoms with E-state index in [0.29, 0.717) is 38.6 Å². The van der Waals surface area contributed by atoms with Crippen molar-refractivity contribution < 1.29 is 14.2 Å². The molecule has 1 aromatic carbocycles. The van der Waals surface area contributed by atoms with Crippen LogP contribution in [0.2, 0.25) is 10.0 Å². The van der Waals surface area contributed by atoms with Crippen LogP contribution in [0.4, 0.5) is 5.82 Å². The molecular formula is C27H35Cl2N3O3. The smallest absolute Gasteiger partial charge is 0.141 e. The summed E-state index contributed by atoms with van der Waals surface area (Å²) in [6, 6.07) is 5.53. The number of benzene rings is 1. The van der Waals surface area contributed by atoms with Gasteiger partial charge in [-0.15, -0.1) is 0 Å². The van der Waals surface area contributed by atoms with Crippen molar-refractivity contribution in [2.45, 2.75) is 40.5 Å². The molecule has 0 spiro atoms. The molecule has 0 radical (unpaired) electrons. The van der Waals surface area contributed by atoms with Gasteiger partial charge in [-0.3, -0.25) is 4.98 Å². The second-order valence-corrected chi connectivity index (χ2v) is 8.88. The molecule has 0 bridgehead atoms. The number of allylic oxidation sites excluding steroid dienone is 2. The Hall–Kier alpha value is -2.54. The van der Waals surface area contributed by atoms with Gasteiger partial charge in [-0.1, -0.05) is 34.9 Å². The van der Waals surface area contributed by atoms with Crippen molar-refractivity contribution >= 4 is 39.8 Å². The van der Waals surface area contributed by atoms with Gasteiger partial charge >= 0.3 is 0 Å². The van der Waals surface area contributed by atoms with E-state index in [1.165, 1.54) is 32.6 Å². The third-order valence-electron chi connectivity index (χ3n) is 5.32. The monoisotopic (exact) mass is 519 g/mol. The number of nitrogens with one attached hydrogen (secondary N) is 1. The van der Waals surface area contributed by atoms with E-state index in [9.17, 15) is 0 Å². The molecule has 190 valence electrons. The SMILES string of the molecule is C1CCOC1.CC=C(C)C.CNc1nc(-c2c(Cl)c(OC)cc(OC)c2Cl)cc2cnc(C)cc12. The van der Waals surface area contributed by atoms with Crippen LogP contribution in [0.5, 0.6) is 11.5 Å². The molecule has 0 saturated carbocycles. The van der Waals surface area contributed by atoms with E-state index in [2.05, 4.69) is 35.2 Å². The van der Waals surface area contributed by atoms with E-state index >= 15 is 0 Å². The Labute approximate surface area is 218 Å². The minimum atomic E-state index is 0.377. The van der Waals surface area contributed by atoms with E-state index in [1.807, 2.05) is 33.0 Å². The lowest BCUT2D eigenvalue weighted by atomic mass is 10.1. The highest BCUT2D eigenvalue weighted by Crippen LogP contribution is 2.46. The van der Waals surface area contributed by atoms with E-state index in [0.717, 1.165) is 29.7 Å². The lowest BCUT2D eigenvalue weighted by Crippen LogP contribution is -1.99. The zero-order valence-electron chi connectivity index (χ0n) is 21.6. The van der Waals surface area contributed by atoms with Crippen molar-refractivity contribution in [3.05, 3.63) is 51.8 Å². The standard InChI is InChI=1S/C18H17Cl2N3O2.C5H10.C4H8O/c1-9-5-11-10(8-22-9)6-12(23-18(11)21-2)15-16(19)13(24-3)7-14(25-4)17(15)20;1-4-5(2)3;1-2-4-5-3-1/h5-8H,1-4H3,(H,21,23);4H,1-3H3;1-4H2. The summed E-state index contributed by atoms with van der Waals surface area (Å²) in [4.78, 5) is 9.04. The first-order valence-corrected chi connectivity index (χ1v) is 12.3. The van der Waals surface area contributed by atoms with Gasteiger partial charge in [-0.25, -0.2) is 4.98 Å². The predicted molar refractivity (Wildman–Crippen MR) is 148 cm³/mol. The Morgan fingerprint density at radius 1 is 1.03 bits per heavy atom. The quantitative estimate of drug-likeness (QED) is 0.355. The van der Waals surface area contributed by atoms with Crippen molar-refractivity contribution in [2.24, 2.45) is 0 Å². The lowest BCUT2D eigenvalue weighted by molar-refractivity contribution is 0.198. The summed E-state index contributed by atoms with van der Waals surface area (Å²) in [7, 11) is 4.90. The van der Waals surface area contributed by atoms with Crippen molar-refractivity contribution in [3.63, 3.8) is 0 Å². The molecule has 0 unspecified atom stereocenters. The van der Waals surface area contributed by atoms with Crippen LogP contribution in [0.1, 0.15) is 39.3 Å². The summed E-state index contributed by atoms with van der Waals surface area (Å²) in [5.74, 6) is 1.65. The summed E-state index contributed by atoms with van der Waals surface area (Å²) in [6.07, 6.45) is 6.44. The van der Waals surface area contributed by atoms with E-state index in [4.69, 9.17) is 37.4 Å². The fourth-order valence-corrected chi connectivity index (χ4v) is 3.88. The summed E-state index contributed by atoms with van der Waals surface area (Å²) >= 11 is 13.0. The average Bonchev–Trinajstić information content (AvgIpc) is 3.45. The first kappa shape index (κ1) is 28.7. The van der Waals surface area contributed by atoms with Crippen LogP contribution in [0.25, 0.3) is 22.0 Å². The van der Waals surface area contributed by atoms with Gasteiger partial charge in [0.05, 0.1) is 30.0 Å². The molecule has 1 aliphatic rings. The number of rotatable bonds is 4. The maximum absolute atomic E-state index is 6.51. The number of anilines is 1. The second kappa shape index (κ2) is 14.1. The van der Waals surface area contributed by atoms with Gasteiger partial charge in [-0.05, 0) is 52.7 Å². The molecule has 2 aromatic heterocycles. The lowest BCUT2D eigenvalue weighted by Gasteiger charge is -2.16. The predicted octanol–water partition coefficient (Wildman–Crippen LogP) is 7.74. The Morgan fingerprint density at radius 3 is 2.03 bits per heavy atom. The van der Waals surface area contributed by atoms with Gasteiger partial charge in [-0.2, -0.15) is 0 Å². The van der Waals surface area contributed by atoms with Gasteiger partial charge in [0.1, 0.15) is 17.3 Å². The molecule has 3 heterocycles. The third kappa shape index (κ3) is 7.72. The average molecular weight is 521 g/mol. The highest BCUT2D eigenvalue weighted by atomic mass is 35.5. The second-order valence-electron chi connectivity index (χ2n) is 8.12. The molecule has 0 aliphatic carbocycles. The molecule has 35 heavy (non-hydrogen) atoms. The van der Waals surface area contributed by atoms with Gasteiger partial charge in [0, 0.05) is 54.6 Å². The Balaban J connectivity index is 0.000000360. The largest absolute Gasteiger partial charge is 0.495 e. The van der Waals surface area contributed by atoms with Gasteiger partial charge < -0.3 is 19.5 Å². The third-order valence-corrected chi connectivity index (χ3v) is 6.07. The van der Waals surface area contributed by atoms with Crippen molar-refractivity contribution in [2.75, 3.05) is 39.8 Å². The van der Waals surface area contributed by atoms with Gasteiger partial charge in [0.15, 0.2) is 0 Å². The molecule has 1 aliphatic heterocycles. The van der Waals surface area contributed by atoms with Crippen LogP contribution in [-0.4, -0.2) is 44.4 Å². The zero-order valence-corrected chi connectivity index (χ0v) is 23.1. The number of nitrogens with zero attached hydrogens (tertiary/aromatic N) is 2. The topological polar surface area (TPSA) is 65.5 Å². The highest BCUT2D eigenvalue weighted by Gasteiger charge is 2.21. The highest BCUT2D eigenvalue weighted by molar-refractivity contribution is 6.41. The number of methoxy groups -OCH3 is 2. The Morgan fingerprint density at radius 2 is 1.60 bits per heavy atom. The molecular weight excluding hydrogens is 485 g/mol. The van der Waals surface area contributed by atoms with Gasteiger partial charge in [0.2, 0.25) is 0 Å². The maximum Gasteiger partial charge on any atom is 0.141 e. The number of hydrogen-bond acceptors (Lipinski definition) is 6. The van der Waals surface area contributed by atoms with Crippen LogP contribution in [0.15, 0.2) is 36.0 Å². The number of ether oxygens (including phenoxy) is 3. The van der Waals surface area contributed by atoms with Crippen LogP contribution < -0.4 is 14.8 Å². The fourth-order valence-electron chi connectivity index (χ4n) is 3.19. The number of fused-ring (bicyclic) bond motifs is 1. The number of halogens is 2. The first-order valence-electron chi connectivity index (χ1n) is 11.5.